The molecule has 0 aliphatic carbocycles. The summed E-state index contributed by atoms with van der Waals surface area (Å²) in [5, 5.41) is 11.8. The van der Waals surface area contributed by atoms with E-state index in [1.165, 1.54) is 0 Å². The van der Waals surface area contributed by atoms with Gasteiger partial charge in [-0.2, -0.15) is 0 Å². The Labute approximate surface area is 107 Å². The summed E-state index contributed by atoms with van der Waals surface area (Å²) in [6, 6.07) is 0. The van der Waals surface area contributed by atoms with Crippen LogP contribution in [0.2, 0.25) is 0 Å². The van der Waals surface area contributed by atoms with Gasteiger partial charge in [-0.1, -0.05) is 11.3 Å². The third kappa shape index (κ3) is 5.85. The zero-order valence-corrected chi connectivity index (χ0v) is 10.7. The first-order chi connectivity index (χ1) is 7.63. The summed E-state index contributed by atoms with van der Waals surface area (Å²) in [4.78, 5) is 11.3. The molecule has 0 aliphatic rings. The van der Waals surface area contributed by atoms with Crippen LogP contribution < -0.4 is 10.6 Å². The first-order valence-corrected chi connectivity index (χ1v) is 5.51. The molecule has 9 heteroatoms. The van der Waals surface area contributed by atoms with Crippen molar-refractivity contribution in [3.63, 3.8) is 0 Å². The highest BCUT2D eigenvalue weighted by atomic mass is 35.5. The number of nitrogens with one attached hydrogen (secondary N) is 2. The molecule has 0 atom stereocenters. The molecule has 0 radical (unpaired) electrons. The van der Waals surface area contributed by atoms with E-state index in [4.69, 9.17) is 0 Å². The second-order valence-electron chi connectivity index (χ2n) is 3.00. The molecule has 0 aliphatic heterocycles. The Hall–Kier alpha value is -0.860. The van der Waals surface area contributed by atoms with Crippen LogP contribution in [0.4, 0.5) is 13.9 Å². The highest BCUT2D eigenvalue weighted by Gasteiger charge is 2.14. The fourth-order valence-electron chi connectivity index (χ4n) is 0.981. The van der Waals surface area contributed by atoms with Crippen molar-refractivity contribution in [2.24, 2.45) is 0 Å². The van der Waals surface area contributed by atoms with Gasteiger partial charge in [-0.25, -0.2) is 8.78 Å². The van der Waals surface area contributed by atoms with E-state index in [1.807, 2.05) is 0 Å². The summed E-state index contributed by atoms with van der Waals surface area (Å²) < 4.78 is 24.3. The number of hydrogen-bond acceptors (Lipinski definition) is 5. The van der Waals surface area contributed by atoms with Gasteiger partial charge in [0.05, 0.1) is 0 Å². The van der Waals surface area contributed by atoms with E-state index in [9.17, 15) is 13.6 Å². The van der Waals surface area contributed by atoms with Gasteiger partial charge < -0.3 is 10.6 Å². The number of hydrogen-bond donors (Lipinski definition) is 2. The number of aromatic nitrogens is 2. The largest absolute Gasteiger partial charge is 0.320 e. The standard InChI is InChI=1S/C8H12F2N4OS.ClH/c1-11-4-2-3-5(15)12-8-14-13-7(16-8)6(9)10;/h6,11H,2-4H2,1H3,(H,12,14,15);1H. The number of carbonyl (C=O) groups is 1. The van der Waals surface area contributed by atoms with Gasteiger partial charge in [0.1, 0.15) is 0 Å². The van der Waals surface area contributed by atoms with Crippen molar-refractivity contribution in [1.29, 1.82) is 0 Å². The topological polar surface area (TPSA) is 66.9 Å². The van der Waals surface area contributed by atoms with Gasteiger partial charge in [0, 0.05) is 6.42 Å². The molecule has 0 unspecified atom stereocenters. The molecule has 98 valence electrons. The van der Waals surface area contributed by atoms with Crippen molar-refractivity contribution >= 4 is 34.8 Å². The Morgan fingerprint density at radius 3 is 2.71 bits per heavy atom. The van der Waals surface area contributed by atoms with Gasteiger partial charge in [0.15, 0.2) is 5.01 Å². The SMILES string of the molecule is CNCCCC(=O)Nc1nnc(C(F)F)s1.Cl. The van der Waals surface area contributed by atoms with E-state index in [0.717, 1.165) is 6.54 Å². The summed E-state index contributed by atoms with van der Waals surface area (Å²) in [6.07, 6.45) is -1.64. The van der Waals surface area contributed by atoms with Crippen molar-refractivity contribution < 1.29 is 13.6 Å². The van der Waals surface area contributed by atoms with E-state index in [0.29, 0.717) is 24.2 Å². The second kappa shape index (κ2) is 8.26. The van der Waals surface area contributed by atoms with Crippen LogP contribution in [-0.2, 0) is 4.79 Å². The molecule has 1 rings (SSSR count). The molecule has 0 fully saturated rings. The summed E-state index contributed by atoms with van der Waals surface area (Å²) in [6.45, 7) is 0.728. The first-order valence-electron chi connectivity index (χ1n) is 4.69. The lowest BCUT2D eigenvalue weighted by Gasteiger charge is -2.00. The van der Waals surface area contributed by atoms with E-state index >= 15 is 0 Å². The van der Waals surface area contributed by atoms with Crippen molar-refractivity contribution in [2.45, 2.75) is 19.3 Å². The molecule has 1 aromatic heterocycles. The van der Waals surface area contributed by atoms with Crippen molar-refractivity contribution in [3.8, 4) is 0 Å². The summed E-state index contributed by atoms with van der Waals surface area (Å²) >= 11 is 0.689. The maximum atomic E-state index is 12.2. The smallest absolute Gasteiger partial charge is 0.291 e. The zero-order chi connectivity index (χ0) is 12.0. The Morgan fingerprint density at radius 1 is 1.47 bits per heavy atom. The minimum Gasteiger partial charge on any atom is -0.320 e. The van der Waals surface area contributed by atoms with Crippen molar-refractivity contribution in [3.05, 3.63) is 5.01 Å². The van der Waals surface area contributed by atoms with Gasteiger partial charge in [-0.15, -0.1) is 22.6 Å². The average Bonchev–Trinajstić information content (AvgIpc) is 2.66. The van der Waals surface area contributed by atoms with Crippen LogP contribution in [0.15, 0.2) is 0 Å². The zero-order valence-electron chi connectivity index (χ0n) is 9.07. The molecule has 0 spiro atoms. The third-order valence-corrected chi connectivity index (χ3v) is 2.55. The van der Waals surface area contributed by atoms with Gasteiger partial charge in [-0.05, 0) is 20.0 Å². The van der Waals surface area contributed by atoms with E-state index < -0.39 is 6.43 Å². The molecular weight excluding hydrogens is 274 g/mol. The third-order valence-electron chi connectivity index (χ3n) is 1.70. The highest BCUT2D eigenvalue weighted by molar-refractivity contribution is 7.15. The fraction of sp³-hybridized carbons (Fsp3) is 0.625. The molecule has 0 saturated heterocycles. The van der Waals surface area contributed by atoms with Crippen LogP contribution in [-0.4, -0.2) is 29.7 Å². The van der Waals surface area contributed by atoms with Gasteiger partial charge in [0.2, 0.25) is 11.0 Å². The molecule has 0 saturated carbocycles. The lowest BCUT2D eigenvalue weighted by Crippen LogP contribution is -2.15. The molecule has 5 nitrogen and oxygen atoms in total. The van der Waals surface area contributed by atoms with Crippen LogP contribution in [0.5, 0.6) is 0 Å². The quantitative estimate of drug-likeness (QED) is 0.783. The number of alkyl halides is 2. The molecule has 17 heavy (non-hydrogen) atoms. The van der Waals surface area contributed by atoms with Crippen LogP contribution in [0.25, 0.3) is 0 Å². The predicted molar refractivity (Wildman–Crippen MR) is 63.9 cm³/mol. The van der Waals surface area contributed by atoms with Crippen molar-refractivity contribution in [1.82, 2.24) is 15.5 Å². The van der Waals surface area contributed by atoms with Crippen LogP contribution >= 0.6 is 23.7 Å². The molecule has 2 N–H and O–H groups in total. The Morgan fingerprint density at radius 2 is 2.18 bits per heavy atom. The molecule has 1 amide bonds. The highest BCUT2D eigenvalue weighted by Crippen LogP contribution is 2.25. The maximum Gasteiger partial charge on any atom is 0.291 e. The molecule has 1 aromatic rings. The Kier molecular flexibility index (Phi) is 7.85. The van der Waals surface area contributed by atoms with Gasteiger partial charge in [-0.3, -0.25) is 4.79 Å². The van der Waals surface area contributed by atoms with Crippen LogP contribution in [0.1, 0.15) is 24.3 Å². The number of nitrogens with zero attached hydrogens (tertiary/aromatic N) is 2. The van der Waals surface area contributed by atoms with Crippen LogP contribution in [0.3, 0.4) is 0 Å². The van der Waals surface area contributed by atoms with E-state index in [-0.39, 0.29) is 28.5 Å². The number of anilines is 1. The number of rotatable bonds is 6. The van der Waals surface area contributed by atoms with E-state index in [1.54, 1.807) is 7.05 Å². The van der Waals surface area contributed by atoms with Crippen LogP contribution in [0, 0.1) is 0 Å². The summed E-state index contributed by atoms with van der Waals surface area (Å²) in [5.74, 6) is -0.243. The number of carbonyl (C=O) groups excluding carboxylic acids is 1. The second-order valence-corrected chi connectivity index (χ2v) is 4.01. The molecule has 0 bridgehead atoms. The Balaban J connectivity index is 0.00000256. The number of halogens is 3. The molecule has 0 aromatic carbocycles. The minimum absolute atomic E-state index is 0. The monoisotopic (exact) mass is 286 g/mol. The lowest BCUT2D eigenvalue weighted by molar-refractivity contribution is -0.116. The summed E-state index contributed by atoms with van der Waals surface area (Å²) in [5.41, 5.74) is 0. The first kappa shape index (κ1) is 16.1. The lowest BCUT2D eigenvalue weighted by atomic mass is 10.3. The fourth-order valence-corrected chi connectivity index (χ4v) is 1.60. The minimum atomic E-state index is -2.65. The van der Waals surface area contributed by atoms with Gasteiger partial charge >= 0.3 is 0 Å². The maximum absolute atomic E-state index is 12.2. The molecular formula is C8H13ClF2N4OS. The summed E-state index contributed by atoms with van der Waals surface area (Å²) in [7, 11) is 1.79. The average molecular weight is 287 g/mol. The molecule has 1 heterocycles. The predicted octanol–water partition coefficient (Wildman–Crippen LogP) is 1.84. The Bertz CT molecular complexity index is 350. The van der Waals surface area contributed by atoms with E-state index in [2.05, 4.69) is 20.8 Å². The van der Waals surface area contributed by atoms with Gasteiger partial charge in [0.25, 0.3) is 6.43 Å². The van der Waals surface area contributed by atoms with Crippen molar-refractivity contribution in [2.75, 3.05) is 18.9 Å². The normalized spacial score (nSPS) is 10.1. The number of amides is 1.